The smallest absolute Gasteiger partial charge is 0.276 e. The first-order valence-corrected chi connectivity index (χ1v) is 10.4. The second kappa shape index (κ2) is 11.2. The second-order valence-corrected chi connectivity index (χ2v) is 8.12. The Bertz CT molecular complexity index is 678. The van der Waals surface area contributed by atoms with Gasteiger partial charge in [0.05, 0.1) is 0 Å². The molecule has 0 heterocycles. The summed E-state index contributed by atoms with van der Waals surface area (Å²) >= 11 is 8.40. The summed E-state index contributed by atoms with van der Waals surface area (Å²) < 4.78 is 6.42. The number of rotatable bonds is 6. The van der Waals surface area contributed by atoms with Gasteiger partial charge in [0.2, 0.25) is 5.91 Å². The minimum Gasteiger partial charge on any atom is -0.483 e. The summed E-state index contributed by atoms with van der Waals surface area (Å²) in [5, 5.41) is 2.67. The Morgan fingerprint density at radius 1 is 1.19 bits per heavy atom. The Morgan fingerprint density at radius 3 is 2.63 bits per heavy atom. The van der Waals surface area contributed by atoms with Crippen LogP contribution in [0.25, 0.3) is 0 Å². The minimum absolute atomic E-state index is 0.0804. The molecule has 0 spiro atoms. The van der Waals surface area contributed by atoms with Crippen molar-refractivity contribution in [2.45, 2.75) is 51.9 Å². The number of carbonyl (C=O) groups is 2. The first-order chi connectivity index (χ1) is 12.9. The molecule has 0 aromatic heterocycles. The molecule has 1 fully saturated rings. The SMILES string of the molecule is Cc1cc(Br)ccc1OCC(=O)NNC(=S)NC(=O)CCC1CCCCC1. The van der Waals surface area contributed by atoms with Gasteiger partial charge in [0.25, 0.3) is 5.91 Å². The van der Waals surface area contributed by atoms with Crippen LogP contribution in [0.15, 0.2) is 22.7 Å². The molecule has 1 aliphatic carbocycles. The summed E-state index contributed by atoms with van der Waals surface area (Å²) in [6.07, 6.45) is 7.60. The van der Waals surface area contributed by atoms with E-state index < -0.39 is 5.91 Å². The number of aryl methyl sites for hydroxylation is 1. The number of thiocarbonyl (C=S) groups is 1. The number of nitrogens with one attached hydrogen (secondary N) is 3. The van der Waals surface area contributed by atoms with Gasteiger partial charge in [-0.2, -0.15) is 0 Å². The summed E-state index contributed by atoms with van der Waals surface area (Å²) in [5.74, 6) is 0.752. The molecule has 27 heavy (non-hydrogen) atoms. The lowest BCUT2D eigenvalue weighted by atomic mass is 9.86. The highest BCUT2D eigenvalue weighted by atomic mass is 79.9. The lowest BCUT2D eigenvalue weighted by molar-refractivity contribution is -0.124. The number of hydrogen-bond donors (Lipinski definition) is 3. The maximum Gasteiger partial charge on any atom is 0.276 e. The normalized spacial score (nSPS) is 14.3. The third-order valence-electron chi connectivity index (χ3n) is 4.57. The largest absolute Gasteiger partial charge is 0.483 e. The van der Waals surface area contributed by atoms with Crippen molar-refractivity contribution in [2.24, 2.45) is 5.92 Å². The minimum atomic E-state index is -0.392. The van der Waals surface area contributed by atoms with Crippen molar-refractivity contribution in [2.75, 3.05) is 6.61 Å². The van der Waals surface area contributed by atoms with Crippen LogP contribution in [0.3, 0.4) is 0 Å². The Hall–Kier alpha value is -1.67. The third kappa shape index (κ3) is 8.26. The average Bonchev–Trinajstić information content (AvgIpc) is 2.65. The van der Waals surface area contributed by atoms with Gasteiger partial charge in [0.15, 0.2) is 11.7 Å². The topological polar surface area (TPSA) is 79.5 Å². The molecular weight excluding hydrogens is 430 g/mol. The Morgan fingerprint density at radius 2 is 1.93 bits per heavy atom. The van der Waals surface area contributed by atoms with E-state index in [1.54, 1.807) is 6.07 Å². The molecule has 1 aromatic rings. The van der Waals surface area contributed by atoms with Crippen LogP contribution in [-0.2, 0) is 9.59 Å². The molecule has 0 bridgehead atoms. The van der Waals surface area contributed by atoms with Gasteiger partial charge in [-0.25, -0.2) is 0 Å². The molecule has 0 saturated heterocycles. The van der Waals surface area contributed by atoms with Crippen LogP contribution in [0.2, 0.25) is 0 Å². The van der Waals surface area contributed by atoms with Gasteiger partial charge in [-0.1, -0.05) is 48.0 Å². The number of amides is 2. The highest BCUT2D eigenvalue weighted by Gasteiger charge is 2.15. The molecule has 8 heteroatoms. The van der Waals surface area contributed by atoms with Gasteiger partial charge < -0.3 is 10.1 Å². The van der Waals surface area contributed by atoms with Crippen molar-refractivity contribution in [1.29, 1.82) is 0 Å². The lowest BCUT2D eigenvalue weighted by Gasteiger charge is -2.21. The molecule has 0 radical (unpaired) electrons. The first-order valence-electron chi connectivity index (χ1n) is 9.21. The fourth-order valence-corrected chi connectivity index (χ4v) is 3.75. The summed E-state index contributed by atoms with van der Waals surface area (Å²) in [5.41, 5.74) is 5.86. The highest BCUT2D eigenvalue weighted by Crippen LogP contribution is 2.27. The summed E-state index contributed by atoms with van der Waals surface area (Å²) in [7, 11) is 0. The molecule has 1 aliphatic rings. The Kier molecular flexibility index (Phi) is 9.00. The number of ether oxygens (including phenoxy) is 1. The highest BCUT2D eigenvalue weighted by molar-refractivity contribution is 9.10. The van der Waals surface area contributed by atoms with E-state index in [0.717, 1.165) is 16.5 Å². The van der Waals surface area contributed by atoms with Gasteiger partial charge in [-0.05, 0) is 55.2 Å². The summed E-state index contributed by atoms with van der Waals surface area (Å²) in [4.78, 5) is 23.8. The number of halogens is 1. The zero-order chi connectivity index (χ0) is 19.6. The van der Waals surface area contributed by atoms with E-state index in [9.17, 15) is 9.59 Å². The molecule has 0 unspecified atom stereocenters. The average molecular weight is 456 g/mol. The predicted octanol–water partition coefficient (Wildman–Crippen LogP) is 3.52. The first kappa shape index (κ1) is 21.6. The van der Waals surface area contributed by atoms with Crippen LogP contribution < -0.4 is 20.9 Å². The fourth-order valence-electron chi connectivity index (χ4n) is 3.11. The molecule has 0 aliphatic heterocycles. The van der Waals surface area contributed by atoms with E-state index in [1.807, 2.05) is 19.1 Å². The molecular formula is C19H26BrN3O3S. The Balaban J connectivity index is 1.61. The maximum atomic E-state index is 11.9. The van der Waals surface area contributed by atoms with E-state index in [2.05, 4.69) is 32.1 Å². The van der Waals surface area contributed by atoms with Gasteiger partial charge in [0, 0.05) is 10.9 Å². The van der Waals surface area contributed by atoms with Crippen molar-refractivity contribution in [3.8, 4) is 5.75 Å². The van der Waals surface area contributed by atoms with Gasteiger partial charge in [-0.3, -0.25) is 20.4 Å². The van der Waals surface area contributed by atoms with Gasteiger partial charge in [-0.15, -0.1) is 0 Å². The van der Waals surface area contributed by atoms with Crippen LogP contribution in [-0.4, -0.2) is 23.5 Å². The Labute approximate surface area is 173 Å². The summed E-state index contributed by atoms with van der Waals surface area (Å²) in [6, 6.07) is 5.54. The van der Waals surface area contributed by atoms with Crippen LogP contribution in [0, 0.1) is 12.8 Å². The zero-order valence-electron chi connectivity index (χ0n) is 15.5. The van der Waals surface area contributed by atoms with E-state index in [0.29, 0.717) is 18.1 Å². The summed E-state index contributed by atoms with van der Waals surface area (Å²) in [6.45, 7) is 1.74. The quantitative estimate of drug-likeness (QED) is 0.451. The predicted molar refractivity (Wildman–Crippen MR) is 112 cm³/mol. The number of benzene rings is 1. The maximum absolute atomic E-state index is 11.9. The number of carbonyl (C=O) groups excluding carboxylic acids is 2. The van der Waals surface area contributed by atoms with E-state index in [-0.39, 0.29) is 17.6 Å². The third-order valence-corrected chi connectivity index (χ3v) is 5.27. The standard InChI is InChI=1S/C19H26BrN3O3S/c1-13-11-15(20)8-9-16(13)26-12-18(25)22-23-19(27)21-17(24)10-7-14-5-3-2-4-6-14/h8-9,11,14H,2-7,10,12H2,1H3,(H,22,25)(H2,21,23,24,27). The van der Waals surface area contributed by atoms with Crippen molar-refractivity contribution >= 4 is 45.1 Å². The van der Waals surface area contributed by atoms with Crippen LogP contribution in [0.5, 0.6) is 5.75 Å². The van der Waals surface area contributed by atoms with Crippen LogP contribution >= 0.6 is 28.1 Å². The molecule has 1 aromatic carbocycles. The molecule has 148 valence electrons. The van der Waals surface area contributed by atoms with Gasteiger partial charge >= 0.3 is 0 Å². The van der Waals surface area contributed by atoms with E-state index >= 15 is 0 Å². The van der Waals surface area contributed by atoms with E-state index in [1.165, 1.54) is 32.1 Å². The zero-order valence-corrected chi connectivity index (χ0v) is 17.9. The van der Waals surface area contributed by atoms with Crippen LogP contribution in [0.1, 0.15) is 50.5 Å². The fraction of sp³-hybridized carbons (Fsp3) is 0.526. The molecule has 0 atom stereocenters. The second-order valence-electron chi connectivity index (χ2n) is 6.79. The monoisotopic (exact) mass is 455 g/mol. The molecule has 1 saturated carbocycles. The van der Waals surface area contributed by atoms with Crippen molar-refractivity contribution in [3.05, 3.63) is 28.2 Å². The van der Waals surface area contributed by atoms with Gasteiger partial charge in [0.1, 0.15) is 5.75 Å². The van der Waals surface area contributed by atoms with E-state index in [4.69, 9.17) is 17.0 Å². The molecule has 3 N–H and O–H groups in total. The van der Waals surface area contributed by atoms with Crippen molar-refractivity contribution in [1.82, 2.24) is 16.2 Å². The molecule has 2 amide bonds. The lowest BCUT2D eigenvalue weighted by Crippen LogP contribution is -2.49. The number of hydrogen-bond acceptors (Lipinski definition) is 4. The van der Waals surface area contributed by atoms with Crippen molar-refractivity contribution in [3.63, 3.8) is 0 Å². The van der Waals surface area contributed by atoms with Crippen LogP contribution in [0.4, 0.5) is 0 Å². The van der Waals surface area contributed by atoms with Crippen molar-refractivity contribution < 1.29 is 14.3 Å². The number of hydrazine groups is 1. The molecule has 2 rings (SSSR count). The molecule has 6 nitrogen and oxygen atoms in total.